The van der Waals surface area contributed by atoms with Crippen molar-refractivity contribution in [2.24, 2.45) is 0 Å². The Bertz CT molecular complexity index is 101. The molecule has 1 N–H and O–H groups in total. The molecule has 0 unspecified atom stereocenters. The maximum Gasteiger partial charge on any atom is 0.280 e. The SMILES string of the molecule is [CH2]C(O)(OCCCC)OCCCC. The van der Waals surface area contributed by atoms with Gasteiger partial charge in [0.15, 0.2) is 0 Å². The van der Waals surface area contributed by atoms with Gasteiger partial charge in [0, 0.05) is 6.92 Å². The number of unbranched alkanes of at least 4 members (excludes halogenated alkanes) is 2. The van der Waals surface area contributed by atoms with Crippen LogP contribution in [0, 0.1) is 6.92 Å². The van der Waals surface area contributed by atoms with E-state index in [1.165, 1.54) is 0 Å². The lowest BCUT2D eigenvalue weighted by atomic mass is 10.3. The summed E-state index contributed by atoms with van der Waals surface area (Å²) in [5.74, 6) is -1.65. The first-order valence-electron chi connectivity index (χ1n) is 4.98. The molecule has 0 fully saturated rings. The fraction of sp³-hybridized carbons (Fsp3) is 0.900. The highest BCUT2D eigenvalue weighted by Gasteiger charge is 2.20. The van der Waals surface area contributed by atoms with Crippen LogP contribution in [0.1, 0.15) is 39.5 Å². The van der Waals surface area contributed by atoms with Crippen LogP contribution >= 0.6 is 0 Å². The summed E-state index contributed by atoms with van der Waals surface area (Å²) in [4.78, 5) is 0. The smallest absolute Gasteiger partial charge is 0.280 e. The third-order valence-electron chi connectivity index (χ3n) is 1.65. The van der Waals surface area contributed by atoms with Gasteiger partial charge in [-0.05, 0) is 12.8 Å². The molecule has 13 heavy (non-hydrogen) atoms. The molecule has 0 atom stereocenters. The highest BCUT2D eigenvalue weighted by atomic mass is 16.8. The molecule has 0 aromatic heterocycles. The van der Waals surface area contributed by atoms with E-state index in [9.17, 15) is 5.11 Å². The average molecular weight is 189 g/mol. The Morgan fingerprint density at radius 3 is 1.77 bits per heavy atom. The fourth-order valence-corrected chi connectivity index (χ4v) is 0.794. The molecular formula is C10H21O3. The van der Waals surface area contributed by atoms with E-state index in [2.05, 4.69) is 20.8 Å². The topological polar surface area (TPSA) is 38.7 Å². The predicted octanol–water partition coefficient (Wildman–Crippen LogP) is 2.10. The molecule has 1 radical (unpaired) electrons. The molecule has 0 rings (SSSR count). The summed E-state index contributed by atoms with van der Waals surface area (Å²) in [6.45, 7) is 8.52. The third kappa shape index (κ3) is 8.22. The first-order chi connectivity index (χ1) is 6.12. The highest BCUT2D eigenvalue weighted by Crippen LogP contribution is 2.09. The maximum atomic E-state index is 9.41. The van der Waals surface area contributed by atoms with E-state index in [1.807, 2.05) is 0 Å². The monoisotopic (exact) mass is 189 g/mol. The molecule has 0 amide bonds. The summed E-state index contributed by atoms with van der Waals surface area (Å²) in [6.07, 6.45) is 3.89. The summed E-state index contributed by atoms with van der Waals surface area (Å²) in [7, 11) is 0. The molecule has 3 heteroatoms. The van der Waals surface area contributed by atoms with E-state index in [-0.39, 0.29) is 0 Å². The van der Waals surface area contributed by atoms with Gasteiger partial charge in [-0.25, -0.2) is 0 Å². The standard InChI is InChI=1S/C10H21O3/c1-4-6-8-12-10(3,11)13-9-7-5-2/h11H,3-9H2,1-2H3. The Hall–Kier alpha value is -0.120. The van der Waals surface area contributed by atoms with Crippen molar-refractivity contribution in [1.82, 2.24) is 0 Å². The zero-order chi connectivity index (χ0) is 10.2. The Morgan fingerprint density at radius 2 is 1.46 bits per heavy atom. The highest BCUT2D eigenvalue weighted by molar-refractivity contribution is 4.56. The van der Waals surface area contributed by atoms with E-state index in [1.54, 1.807) is 0 Å². The van der Waals surface area contributed by atoms with Gasteiger partial charge in [-0.3, -0.25) is 0 Å². The van der Waals surface area contributed by atoms with Crippen LogP contribution in [0.25, 0.3) is 0 Å². The summed E-state index contributed by atoms with van der Waals surface area (Å²) < 4.78 is 10.1. The van der Waals surface area contributed by atoms with Crippen LogP contribution in [0.3, 0.4) is 0 Å². The molecule has 0 spiro atoms. The molecule has 79 valence electrons. The van der Waals surface area contributed by atoms with E-state index >= 15 is 0 Å². The van der Waals surface area contributed by atoms with Gasteiger partial charge >= 0.3 is 0 Å². The number of aliphatic hydroxyl groups is 1. The van der Waals surface area contributed by atoms with Gasteiger partial charge in [0.05, 0.1) is 13.2 Å². The Labute approximate surface area is 81.0 Å². The van der Waals surface area contributed by atoms with Crippen molar-refractivity contribution in [3.63, 3.8) is 0 Å². The lowest BCUT2D eigenvalue weighted by Crippen LogP contribution is -2.33. The number of hydrogen-bond acceptors (Lipinski definition) is 3. The number of ether oxygens (including phenoxy) is 2. The molecule has 0 saturated heterocycles. The van der Waals surface area contributed by atoms with Crippen molar-refractivity contribution < 1.29 is 14.6 Å². The second-order valence-corrected chi connectivity index (χ2v) is 3.12. The van der Waals surface area contributed by atoms with Crippen molar-refractivity contribution in [3.8, 4) is 0 Å². The molecule has 0 saturated carbocycles. The van der Waals surface area contributed by atoms with Gasteiger partial charge in [-0.1, -0.05) is 26.7 Å². The molecule has 0 aromatic carbocycles. The minimum absolute atomic E-state index is 0.489. The minimum Gasteiger partial charge on any atom is -0.343 e. The Balaban J connectivity index is 3.42. The first-order valence-corrected chi connectivity index (χ1v) is 4.98. The second kappa shape index (κ2) is 7.30. The van der Waals surface area contributed by atoms with Crippen LogP contribution in [0.4, 0.5) is 0 Å². The van der Waals surface area contributed by atoms with Gasteiger partial charge in [0.25, 0.3) is 5.97 Å². The fourth-order valence-electron chi connectivity index (χ4n) is 0.794. The molecule has 3 nitrogen and oxygen atoms in total. The van der Waals surface area contributed by atoms with Crippen LogP contribution in [-0.2, 0) is 9.47 Å². The van der Waals surface area contributed by atoms with Crippen LogP contribution in [-0.4, -0.2) is 24.3 Å². The van der Waals surface area contributed by atoms with Gasteiger partial charge in [-0.15, -0.1) is 0 Å². The van der Waals surface area contributed by atoms with Crippen molar-refractivity contribution in [2.75, 3.05) is 13.2 Å². The van der Waals surface area contributed by atoms with Crippen LogP contribution in [0.2, 0.25) is 0 Å². The van der Waals surface area contributed by atoms with Gasteiger partial charge in [0.2, 0.25) is 0 Å². The quantitative estimate of drug-likeness (QED) is 0.469. The number of rotatable bonds is 8. The summed E-state index contributed by atoms with van der Waals surface area (Å²) in [5, 5.41) is 9.41. The minimum atomic E-state index is -1.65. The normalized spacial score (nSPS) is 12.0. The van der Waals surface area contributed by atoms with Gasteiger partial charge < -0.3 is 14.6 Å². The lowest BCUT2D eigenvalue weighted by molar-refractivity contribution is -0.330. The second-order valence-electron chi connectivity index (χ2n) is 3.12. The van der Waals surface area contributed by atoms with Crippen LogP contribution in [0.15, 0.2) is 0 Å². The van der Waals surface area contributed by atoms with Gasteiger partial charge in [-0.2, -0.15) is 0 Å². The van der Waals surface area contributed by atoms with E-state index in [4.69, 9.17) is 9.47 Å². The van der Waals surface area contributed by atoms with E-state index < -0.39 is 5.97 Å². The molecule has 0 aliphatic heterocycles. The van der Waals surface area contributed by atoms with Crippen LogP contribution in [0.5, 0.6) is 0 Å². The van der Waals surface area contributed by atoms with E-state index in [0.717, 1.165) is 25.7 Å². The molecule has 0 bridgehead atoms. The largest absolute Gasteiger partial charge is 0.343 e. The van der Waals surface area contributed by atoms with Crippen molar-refractivity contribution in [3.05, 3.63) is 6.92 Å². The predicted molar refractivity (Wildman–Crippen MR) is 52.0 cm³/mol. The molecular weight excluding hydrogens is 168 g/mol. The van der Waals surface area contributed by atoms with Crippen molar-refractivity contribution in [2.45, 2.75) is 45.5 Å². The Morgan fingerprint density at radius 1 is 1.08 bits per heavy atom. The molecule has 0 aromatic rings. The first kappa shape index (κ1) is 12.9. The lowest BCUT2D eigenvalue weighted by Gasteiger charge is -2.23. The molecule has 0 aliphatic carbocycles. The van der Waals surface area contributed by atoms with Gasteiger partial charge in [0.1, 0.15) is 0 Å². The Kier molecular flexibility index (Phi) is 7.23. The van der Waals surface area contributed by atoms with Crippen LogP contribution < -0.4 is 0 Å². The van der Waals surface area contributed by atoms with Crippen molar-refractivity contribution in [1.29, 1.82) is 0 Å². The average Bonchev–Trinajstić information content (AvgIpc) is 2.05. The maximum absolute atomic E-state index is 9.41. The molecule has 0 heterocycles. The summed E-state index contributed by atoms with van der Waals surface area (Å²) in [6, 6.07) is 0. The number of hydrogen-bond donors (Lipinski definition) is 1. The summed E-state index contributed by atoms with van der Waals surface area (Å²) >= 11 is 0. The van der Waals surface area contributed by atoms with E-state index in [0.29, 0.717) is 13.2 Å². The summed E-state index contributed by atoms with van der Waals surface area (Å²) in [5.41, 5.74) is 0. The third-order valence-corrected chi connectivity index (χ3v) is 1.65. The zero-order valence-electron chi connectivity index (χ0n) is 8.71. The zero-order valence-corrected chi connectivity index (χ0v) is 8.71. The molecule has 0 aliphatic rings. The van der Waals surface area contributed by atoms with Crippen molar-refractivity contribution >= 4 is 0 Å².